The van der Waals surface area contributed by atoms with Crippen molar-refractivity contribution in [3.63, 3.8) is 0 Å². The Morgan fingerprint density at radius 3 is 2.21 bits per heavy atom. The molecule has 0 saturated carbocycles. The standard InChI is InChI=1S/C12H15N3O2S2/c1-7-4-8(2)6-10(5-7)15-19(16,17)11-9(3)14-12(13)18-11/h4-6,15H,1-3H3,(H2,13,14). The van der Waals surface area contributed by atoms with Gasteiger partial charge >= 0.3 is 0 Å². The van der Waals surface area contributed by atoms with Crippen LogP contribution in [0.3, 0.4) is 0 Å². The molecule has 7 heteroatoms. The van der Waals surface area contributed by atoms with Crippen LogP contribution in [-0.2, 0) is 10.0 Å². The summed E-state index contributed by atoms with van der Waals surface area (Å²) in [5.41, 5.74) is 8.49. The van der Waals surface area contributed by atoms with Crippen LogP contribution in [0, 0.1) is 20.8 Å². The number of nitrogens with zero attached hydrogens (tertiary/aromatic N) is 1. The van der Waals surface area contributed by atoms with Crippen molar-refractivity contribution in [2.45, 2.75) is 25.0 Å². The van der Waals surface area contributed by atoms with Gasteiger partial charge in [-0.2, -0.15) is 0 Å². The minimum Gasteiger partial charge on any atom is -0.375 e. The van der Waals surface area contributed by atoms with Crippen LogP contribution < -0.4 is 10.5 Å². The number of anilines is 2. The van der Waals surface area contributed by atoms with Gasteiger partial charge in [0.15, 0.2) is 9.34 Å². The number of benzene rings is 1. The van der Waals surface area contributed by atoms with Crippen molar-refractivity contribution < 1.29 is 8.42 Å². The average Bonchev–Trinajstić information content (AvgIpc) is 2.56. The van der Waals surface area contributed by atoms with Crippen molar-refractivity contribution in [3.8, 4) is 0 Å². The maximum absolute atomic E-state index is 12.3. The molecule has 1 heterocycles. The van der Waals surface area contributed by atoms with E-state index in [1.54, 1.807) is 19.1 Å². The predicted molar refractivity (Wildman–Crippen MR) is 78.0 cm³/mol. The van der Waals surface area contributed by atoms with Crippen LogP contribution in [0.5, 0.6) is 0 Å². The highest BCUT2D eigenvalue weighted by atomic mass is 32.2. The molecule has 102 valence electrons. The Kier molecular flexibility index (Phi) is 3.51. The molecule has 1 aromatic heterocycles. The second kappa shape index (κ2) is 4.82. The maximum Gasteiger partial charge on any atom is 0.273 e. The van der Waals surface area contributed by atoms with E-state index in [0.717, 1.165) is 22.5 Å². The van der Waals surface area contributed by atoms with Gasteiger partial charge in [-0.15, -0.1) is 0 Å². The summed E-state index contributed by atoms with van der Waals surface area (Å²) in [7, 11) is -3.63. The molecule has 2 rings (SSSR count). The van der Waals surface area contributed by atoms with Crippen LogP contribution in [0.25, 0.3) is 0 Å². The van der Waals surface area contributed by atoms with Crippen LogP contribution >= 0.6 is 11.3 Å². The topological polar surface area (TPSA) is 85.1 Å². The fourth-order valence-electron chi connectivity index (χ4n) is 1.89. The van der Waals surface area contributed by atoms with E-state index in [-0.39, 0.29) is 9.34 Å². The van der Waals surface area contributed by atoms with Gasteiger partial charge in [0.1, 0.15) is 0 Å². The summed E-state index contributed by atoms with van der Waals surface area (Å²) in [5.74, 6) is 0. The number of hydrogen-bond acceptors (Lipinski definition) is 5. The van der Waals surface area contributed by atoms with Crippen molar-refractivity contribution in [2.24, 2.45) is 0 Å². The number of hydrogen-bond donors (Lipinski definition) is 2. The van der Waals surface area contributed by atoms with Crippen LogP contribution in [0.2, 0.25) is 0 Å². The first-order chi connectivity index (χ1) is 8.78. The lowest BCUT2D eigenvalue weighted by Crippen LogP contribution is -2.12. The van der Waals surface area contributed by atoms with Crippen molar-refractivity contribution in [1.82, 2.24) is 4.98 Å². The molecule has 2 aromatic rings. The fourth-order valence-corrected chi connectivity index (χ4v) is 4.23. The van der Waals surface area contributed by atoms with E-state index in [2.05, 4.69) is 9.71 Å². The van der Waals surface area contributed by atoms with Gasteiger partial charge in [0.25, 0.3) is 10.0 Å². The van der Waals surface area contributed by atoms with Crippen molar-refractivity contribution >= 4 is 32.2 Å². The van der Waals surface area contributed by atoms with Gasteiger partial charge in [0, 0.05) is 5.69 Å². The predicted octanol–water partition coefficient (Wildman–Crippen LogP) is 2.45. The van der Waals surface area contributed by atoms with Crippen LogP contribution in [0.15, 0.2) is 22.4 Å². The van der Waals surface area contributed by atoms with E-state index in [4.69, 9.17) is 5.73 Å². The molecule has 0 amide bonds. The Labute approximate surface area is 116 Å². The Morgan fingerprint density at radius 1 is 1.16 bits per heavy atom. The van der Waals surface area contributed by atoms with E-state index < -0.39 is 10.0 Å². The molecule has 0 atom stereocenters. The molecular formula is C12H15N3O2S2. The number of sulfonamides is 1. The molecule has 0 spiro atoms. The normalized spacial score (nSPS) is 11.5. The SMILES string of the molecule is Cc1cc(C)cc(NS(=O)(=O)c2sc(N)nc2C)c1. The highest BCUT2D eigenvalue weighted by Gasteiger charge is 2.21. The van der Waals surface area contributed by atoms with Gasteiger partial charge in [-0.3, -0.25) is 4.72 Å². The van der Waals surface area contributed by atoms with Crippen molar-refractivity contribution in [1.29, 1.82) is 0 Å². The smallest absolute Gasteiger partial charge is 0.273 e. The summed E-state index contributed by atoms with van der Waals surface area (Å²) < 4.78 is 27.2. The summed E-state index contributed by atoms with van der Waals surface area (Å²) in [5, 5.41) is 0.248. The lowest BCUT2D eigenvalue weighted by molar-refractivity contribution is 0.602. The zero-order chi connectivity index (χ0) is 14.2. The highest BCUT2D eigenvalue weighted by molar-refractivity contribution is 7.94. The molecule has 0 aliphatic heterocycles. The summed E-state index contributed by atoms with van der Waals surface area (Å²) in [4.78, 5) is 3.93. The first-order valence-corrected chi connectivity index (χ1v) is 7.92. The molecule has 19 heavy (non-hydrogen) atoms. The Bertz CT molecular complexity index is 700. The van der Waals surface area contributed by atoms with Gasteiger partial charge in [0.2, 0.25) is 0 Å². The minimum absolute atomic E-state index is 0.157. The largest absolute Gasteiger partial charge is 0.375 e. The lowest BCUT2D eigenvalue weighted by atomic mass is 10.1. The lowest BCUT2D eigenvalue weighted by Gasteiger charge is -2.08. The maximum atomic E-state index is 12.3. The molecule has 3 N–H and O–H groups in total. The average molecular weight is 297 g/mol. The first-order valence-electron chi connectivity index (χ1n) is 5.62. The molecule has 0 fully saturated rings. The fraction of sp³-hybridized carbons (Fsp3) is 0.250. The van der Waals surface area contributed by atoms with Gasteiger partial charge in [-0.25, -0.2) is 13.4 Å². The molecule has 0 unspecified atom stereocenters. The van der Waals surface area contributed by atoms with Crippen LogP contribution in [-0.4, -0.2) is 13.4 Å². The number of nitrogens with two attached hydrogens (primary N) is 1. The summed E-state index contributed by atoms with van der Waals surface area (Å²) in [6.07, 6.45) is 0. The molecule has 0 saturated heterocycles. The zero-order valence-electron chi connectivity index (χ0n) is 10.9. The number of rotatable bonds is 3. The van der Waals surface area contributed by atoms with Gasteiger partial charge in [-0.1, -0.05) is 17.4 Å². The molecule has 0 bridgehead atoms. The number of nitrogen functional groups attached to an aromatic ring is 1. The minimum atomic E-state index is -3.63. The molecule has 5 nitrogen and oxygen atoms in total. The van der Waals surface area contributed by atoms with E-state index in [9.17, 15) is 8.42 Å². The van der Waals surface area contributed by atoms with E-state index in [1.807, 2.05) is 19.9 Å². The Morgan fingerprint density at radius 2 is 1.74 bits per heavy atom. The Hall–Kier alpha value is -1.60. The summed E-state index contributed by atoms with van der Waals surface area (Å²) in [6.45, 7) is 5.46. The third kappa shape index (κ3) is 3.05. The number of thiazole rings is 1. The summed E-state index contributed by atoms with van der Waals surface area (Å²) >= 11 is 0.965. The quantitative estimate of drug-likeness (QED) is 0.911. The summed E-state index contributed by atoms with van der Waals surface area (Å²) in [6, 6.07) is 5.54. The third-order valence-corrected chi connectivity index (χ3v) is 5.47. The van der Waals surface area contributed by atoms with Gasteiger partial charge < -0.3 is 5.73 Å². The number of nitrogens with one attached hydrogen (secondary N) is 1. The monoisotopic (exact) mass is 297 g/mol. The molecular weight excluding hydrogens is 282 g/mol. The van der Waals surface area contributed by atoms with Crippen LogP contribution in [0.4, 0.5) is 10.8 Å². The second-order valence-electron chi connectivity index (χ2n) is 4.41. The zero-order valence-corrected chi connectivity index (χ0v) is 12.5. The highest BCUT2D eigenvalue weighted by Crippen LogP contribution is 2.27. The Balaban J connectivity index is 2.39. The molecule has 0 aliphatic rings. The number of aromatic nitrogens is 1. The molecule has 1 aromatic carbocycles. The van der Waals surface area contributed by atoms with E-state index in [1.165, 1.54) is 0 Å². The third-order valence-electron chi connectivity index (χ3n) is 2.49. The van der Waals surface area contributed by atoms with Gasteiger partial charge in [0.05, 0.1) is 5.69 Å². The van der Waals surface area contributed by atoms with Gasteiger partial charge in [-0.05, 0) is 44.0 Å². The van der Waals surface area contributed by atoms with Crippen LogP contribution in [0.1, 0.15) is 16.8 Å². The van der Waals surface area contributed by atoms with Crippen molar-refractivity contribution in [2.75, 3.05) is 10.5 Å². The second-order valence-corrected chi connectivity index (χ2v) is 7.32. The van der Waals surface area contributed by atoms with E-state index in [0.29, 0.717) is 11.4 Å². The number of aryl methyl sites for hydroxylation is 3. The van der Waals surface area contributed by atoms with E-state index >= 15 is 0 Å². The van der Waals surface area contributed by atoms with Crippen molar-refractivity contribution in [3.05, 3.63) is 35.0 Å². The molecule has 0 aliphatic carbocycles. The molecule has 0 radical (unpaired) electrons. The first kappa shape index (κ1) is 13.8.